The summed E-state index contributed by atoms with van der Waals surface area (Å²) in [5, 5.41) is 8.41. The molecule has 0 aliphatic carbocycles. The molecule has 18 heavy (non-hydrogen) atoms. The molecule has 0 saturated heterocycles. The van der Waals surface area contributed by atoms with Crippen LogP contribution < -0.4 is 4.72 Å². The van der Waals surface area contributed by atoms with Crippen molar-refractivity contribution in [2.75, 3.05) is 5.75 Å². The first kappa shape index (κ1) is 14.7. The third-order valence-corrected chi connectivity index (χ3v) is 3.61. The number of sulfonamides is 1. The van der Waals surface area contributed by atoms with Crippen molar-refractivity contribution in [2.45, 2.75) is 32.7 Å². The number of hydrogen-bond donors (Lipinski definition) is 2. The first-order chi connectivity index (χ1) is 8.43. The molecule has 0 atom stereocenters. The van der Waals surface area contributed by atoms with Gasteiger partial charge in [0.15, 0.2) is 0 Å². The number of carboxylic acids is 1. The highest BCUT2D eigenvalue weighted by Crippen LogP contribution is 2.04. The van der Waals surface area contributed by atoms with Crippen molar-refractivity contribution in [1.82, 2.24) is 9.71 Å². The second-order valence-electron chi connectivity index (χ2n) is 3.71. The molecule has 0 unspecified atom stereocenters. The van der Waals surface area contributed by atoms with Crippen LogP contribution in [0.5, 0.6) is 0 Å². The van der Waals surface area contributed by atoms with E-state index in [4.69, 9.17) is 9.52 Å². The van der Waals surface area contributed by atoms with E-state index in [1.165, 1.54) is 0 Å². The van der Waals surface area contributed by atoms with E-state index in [0.29, 0.717) is 18.1 Å². The minimum Gasteiger partial charge on any atom is -0.481 e. The Morgan fingerprint density at radius 1 is 1.56 bits per heavy atom. The summed E-state index contributed by atoms with van der Waals surface area (Å²) in [6.45, 7) is 1.88. The number of aryl methyl sites for hydroxylation is 1. The van der Waals surface area contributed by atoms with Crippen molar-refractivity contribution in [1.29, 1.82) is 0 Å². The lowest BCUT2D eigenvalue weighted by Crippen LogP contribution is -2.26. The first-order valence-corrected chi connectivity index (χ1v) is 7.21. The Kier molecular flexibility index (Phi) is 5.29. The van der Waals surface area contributed by atoms with Crippen molar-refractivity contribution in [3.63, 3.8) is 0 Å². The van der Waals surface area contributed by atoms with Crippen LogP contribution in [0.15, 0.2) is 10.6 Å². The fourth-order valence-electron chi connectivity index (χ4n) is 1.25. The van der Waals surface area contributed by atoms with Crippen molar-refractivity contribution in [3.05, 3.63) is 17.8 Å². The Morgan fingerprint density at radius 3 is 2.83 bits per heavy atom. The molecule has 1 heterocycles. The predicted molar refractivity (Wildman–Crippen MR) is 63.4 cm³/mol. The third kappa shape index (κ3) is 5.28. The lowest BCUT2D eigenvalue weighted by Gasteiger charge is -2.03. The molecule has 0 saturated carbocycles. The molecule has 1 aromatic heterocycles. The molecule has 0 spiro atoms. The Labute approximate surface area is 105 Å². The molecule has 0 amide bonds. The van der Waals surface area contributed by atoms with Crippen LogP contribution in [0.25, 0.3) is 0 Å². The summed E-state index contributed by atoms with van der Waals surface area (Å²) in [6.07, 6.45) is 2.16. The van der Waals surface area contributed by atoms with Crippen LogP contribution in [-0.4, -0.2) is 30.2 Å². The molecule has 0 bridgehead atoms. The smallest absolute Gasteiger partial charge is 0.303 e. The summed E-state index contributed by atoms with van der Waals surface area (Å²) in [4.78, 5) is 14.2. The van der Waals surface area contributed by atoms with Crippen molar-refractivity contribution >= 4 is 16.0 Å². The highest BCUT2D eigenvalue weighted by molar-refractivity contribution is 7.89. The maximum Gasteiger partial charge on any atom is 0.303 e. The largest absolute Gasteiger partial charge is 0.481 e. The number of nitrogens with zero attached hydrogens (tertiary/aromatic N) is 1. The van der Waals surface area contributed by atoms with Gasteiger partial charge in [-0.25, -0.2) is 18.1 Å². The van der Waals surface area contributed by atoms with Crippen LogP contribution in [0.2, 0.25) is 0 Å². The number of nitrogens with one attached hydrogen (secondary N) is 1. The number of rotatable bonds is 8. The topological polar surface area (TPSA) is 110 Å². The highest BCUT2D eigenvalue weighted by Gasteiger charge is 2.12. The van der Waals surface area contributed by atoms with E-state index >= 15 is 0 Å². The zero-order valence-corrected chi connectivity index (χ0v) is 10.9. The van der Waals surface area contributed by atoms with E-state index in [1.807, 2.05) is 6.92 Å². The van der Waals surface area contributed by atoms with Crippen LogP contribution >= 0.6 is 0 Å². The van der Waals surface area contributed by atoms with E-state index < -0.39 is 16.0 Å². The molecule has 0 fully saturated rings. The number of aromatic nitrogens is 1. The molecule has 1 aromatic rings. The van der Waals surface area contributed by atoms with Gasteiger partial charge in [-0.1, -0.05) is 6.92 Å². The molecule has 0 aliphatic heterocycles. The van der Waals surface area contributed by atoms with E-state index in [-0.39, 0.29) is 25.1 Å². The lowest BCUT2D eigenvalue weighted by atomic mass is 10.3. The predicted octanol–water partition coefficient (Wildman–Crippen LogP) is 0.521. The van der Waals surface area contributed by atoms with Gasteiger partial charge in [0.05, 0.1) is 18.5 Å². The fourth-order valence-corrected chi connectivity index (χ4v) is 2.26. The average Bonchev–Trinajstić information content (AvgIpc) is 2.73. The van der Waals surface area contributed by atoms with Crippen molar-refractivity contribution in [3.8, 4) is 0 Å². The highest BCUT2D eigenvalue weighted by atomic mass is 32.2. The standard InChI is InChI=1S/C10H16N2O5S/c1-2-8-6-11-9(17-8)7-12-18(15,16)5-3-4-10(13)14/h6,12H,2-5,7H2,1H3,(H,13,14). The Morgan fingerprint density at radius 2 is 2.28 bits per heavy atom. The van der Waals surface area contributed by atoms with Gasteiger partial charge in [-0.15, -0.1) is 0 Å². The minimum atomic E-state index is -3.49. The number of hydrogen-bond acceptors (Lipinski definition) is 5. The normalized spacial score (nSPS) is 11.6. The van der Waals surface area contributed by atoms with Crippen molar-refractivity contribution < 1.29 is 22.7 Å². The fraction of sp³-hybridized carbons (Fsp3) is 0.600. The quantitative estimate of drug-likeness (QED) is 0.716. The van der Waals surface area contributed by atoms with E-state index in [2.05, 4.69) is 9.71 Å². The summed E-state index contributed by atoms with van der Waals surface area (Å²) in [6, 6.07) is 0. The van der Waals surface area contributed by atoms with Gasteiger partial charge in [-0.3, -0.25) is 4.79 Å². The maximum absolute atomic E-state index is 11.5. The number of aliphatic carboxylic acids is 1. The Hall–Kier alpha value is -1.41. The van der Waals surface area contributed by atoms with Gasteiger partial charge in [0.25, 0.3) is 0 Å². The molecular weight excluding hydrogens is 260 g/mol. The molecule has 102 valence electrons. The average molecular weight is 276 g/mol. The maximum atomic E-state index is 11.5. The Balaban J connectivity index is 2.39. The van der Waals surface area contributed by atoms with Crippen LogP contribution in [-0.2, 0) is 27.8 Å². The Bertz CT molecular complexity index is 494. The van der Waals surface area contributed by atoms with Gasteiger partial charge in [0, 0.05) is 12.8 Å². The zero-order valence-electron chi connectivity index (χ0n) is 10.0. The van der Waals surface area contributed by atoms with Crippen LogP contribution in [0.1, 0.15) is 31.4 Å². The molecular formula is C10H16N2O5S. The van der Waals surface area contributed by atoms with Gasteiger partial charge in [-0.2, -0.15) is 0 Å². The van der Waals surface area contributed by atoms with Gasteiger partial charge < -0.3 is 9.52 Å². The molecule has 0 radical (unpaired) electrons. The number of carbonyl (C=O) groups is 1. The monoisotopic (exact) mass is 276 g/mol. The van der Waals surface area contributed by atoms with E-state index in [9.17, 15) is 13.2 Å². The first-order valence-electron chi connectivity index (χ1n) is 5.55. The summed E-state index contributed by atoms with van der Waals surface area (Å²) < 4.78 is 30.5. The minimum absolute atomic E-state index is 0.0184. The molecule has 7 nitrogen and oxygen atoms in total. The lowest BCUT2D eigenvalue weighted by molar-refractivity contribution is -0.137. The molecule has 0 aliphatic rings. The van der Waals surface area contributed by atoms with E-state index in [1.54, 1.807) is 6.20 Å². The van der Waals surface area contributed by atoms with Gasteiger partial charge in [0.1, 0.15) is 5.76 Å². The third-order valence-electron chi connectivity index (χ3n) is 2.20. The van der Waals surface area contributed by atoms with Crippen LogP contribution in [0, 0.1) is 0 Å². The molecule has 1 rings (SSSR count). The summed E-state index contributed by atoms with van der Waals surface area (Å²) in [5.41, 5.74) is 0. The number of carboxylic acid groups (broad SMARTS) is 1. The van der Waals surface area contributed by atoms with Crippen LogP contribution in [0.3, 0.4) is 0 Å². The molecule has 8 heteroatoms. The second-order valence-corrected chi connectivity index (χ2v) is 5.64. The molecule has 0 aromatic carbocycles. The van der Waals surface area contributed by atoms with Gasteiger partial charge in [0.2, 0.25) is 15.9 Å². The summed E-state index contributed by atoms with van der Waals surface area (Å²) in [5.74, 6) is -0.241. The molecule has 2 N–H and O–H groups in total. The van der Waals surface area contributed by atoms with Crippen molar-refractivity contribution in [2.24, 2.45) is 0 Å². The second kappa shape index (κ2) is 6.50. The van der Waals surface area contributed by atoms with Gasteiger partial charge >= 0.3 is 5.97 Å². The SMILES string of the molecule is CCc1cnc(CNS(=O)(=O)CCCC(=O)O)o1. The van der Waals surface area contributed by atoms with E-state index in [0.717, 1.165) is 0 Å². The summed E-state index contributed by atoms with van der Waals surface area (Å²) in [7, 11) is -3.49. The number of oxazole rings is 1. The summed E-state index contributed by atoms with van der Waals surface area (Å²) >= 11 is 0. The van der Waals surface area contributed by atoms with Gasteiger partial charge in [-0.05, 0) is 6.42 Å². The van der Waals surface area contributed by atoms with Crippen LogP contribution in [0.4, 0.5) is 0 Å². The zero-order chi connectivity index (χ0) is 13.6.